The normalized spacial score (nSPS) is 20.4. The van der Waals surface area contributed by atoms with Gasteiger partial charge in [0.05, 0.1) is 5.69 Å². The molecule has 2 rings (SSSR count). The topological polar surface area (TPSA) is 63.3 Å². The second kappa shape index (κ2) is 4.17. The molecular weight excluding hydrogens is 218 g/mol. The molecule has 0 radical (unpaired) electrons. The molecule has 4 heteroatoms. The van der Waals surface area contributed by atoms with Gasteiger partial charge in [-0.05, 0) is 38.0 Å². The average Bonchev–Trinajstić information content (AvgIpc) is 2.60. The molecule has 0 unspecified atom stereocenters. The average molecular weight is 237 g/mol. The number of rotatable bonds is 2. The summed E-state index contributed by atoms with van der Waals surface area (Å²) in [6.45, 7) is 6.22. The van der Waals surface area contributed by atoms with Gasteiger partial charge in [0.15, 0.2) is 5.89 Å². The van der Waals surface area contributed by atoms with E-state index in [0.717, 1.165) is 25.7 Å². The van der Waals surface area contributed by atoms with Crippen LogP contribution in [0.2, 0.25) is 0 Å². The van der Waals surface area contributed by atoms with Crippen molar-refractivity contribution in [2.45, 2.75) is 52.4 Å². The maximum absolute atomic E-state index is 10.9. The standard InChI is InChI=1S/C13H19NO3/c1-8-10(12(15)16)17-11(14-8)9-4-6-13(2,3)7-5-9/h9H,4-7H2,1-3H3,(H,15,16). The molecule has 0 aromatic carbocycles. The Kier molecular flexibility index (Phi) is 2.98. The van der Waals surface area contributed by atoms with Crippen LogP contribution in [-0.2, 0) is 0 Å². The Labute approximate surface area is 101 Å². The highest BCUT2D eigenvalue weighted by molar-refractivity contribution is 5.85. The number of hydrogen-bond donors (Lipinski definition) is 1. The fraction of sp³-hybridized carbons (Fsp3) is 0.692. The van der Waals surface area contributed by atoms with E-state index in [9.17, 15) is 4.79 Å². The third kappa shape index (κ3) is 2.51. The highest BCUT2D eigenvalue weighted by Crippen LogP contribution is 2.42. The molecule has 1 N–H and O–H groups in total. The molecule has 0 aliphatic heterocycles. The van der Waals surface area contributed by atoms with Gasteiger partial charge in [0, 0.05) is 5.92 Å². The first kappa shape index (κ1) is 12.1. The summed E-state index contributed by atoms with van der Waals surface area (Å²) in [7, 11) is 0. The summed E-state index contributed by atoms with van der Waals surface area (Å²) in [5, 5.41) is 8.93. The van der Waals surface area contributed by atoms with Crippen molar-refractivity contribution in [2.24, 2.45) is 5.41 Å². The quantitative estimate of drug-likeness (QED) is 0.856. The maximum atomic E-state index is 10.9. The lowest BCUT2D eigenvalue weighted by Crippen LogP contribution is -2.20. The fourth-order valence-electron chi connectivity index (χ4n) is 2.44. The fourth-order valence-corrected chi connectivity index (χ4v) is 2.44. The van der Waals surface area contributed by atoms with Crippen LogP contribution in [-0.4, -0.2) is 16.1 Å². The number of nitrogens with zero attached hydrogens (tertiary/aromatic N) is 1. The van der Waals surface area contributed by atoms with Crippen molar-refractivity contribution < 1.29 is 14.3 Å². The van der Waals surface area contributed by atoms with E-state index in [1.54, 1.807) is 6.92 Å². The van der Waals surface area contributed by atoms with E-state index < -0.39 is 5.97 Å². The van der Waals surface area contributed by atoms with Crippen molar-refractivity contribution in [3.8, 4) is 0 Å². The minimum Gasteiger partial charge on any atom is -0.475 e. The Hall–Kier alpha value is -1.32. The third-order valence-corrected chi connectivity index (χ3v) is 3.70. The number of aromatic nitrogens is 1. The van der Waals surface area contributed by atoms with Gasteiger partial charge in [0.1, 0.15) is 0 Å². The first-order valence-corrected chi connectivity index (χ1v) is 6.10. The molecule has 1 aliphatic rings. The van der Waals surface area contributed by atoms with Gasteiger partial charge in [0.25, 0.3) is 0 Å². The van der Waals surface area contributed by atoms with Gasteiger partial charge in [-0.1, -0.05) is 13.8 Å². The van der Waals surface area contributed by atoms with Gasteiger partial charge in [-0.2, -0.15) is 0 Å². The smallest absolute Gasteiger partial charge is 0.373 e. The van der Waals surface area contributed by atoms with E-state index >= 15 is 0 Å². The van der Waals surface area contributed by atoms with E-state index in [-0.39, 0.29) is 11.7 Å². The molecule has 1 fully saturated rings. The summed E-state index contributed by atoms with van der Waals surface area (Å²) in [5.74, 6) is -0.146. The van der Waals surface area contributed by atoms with Crippen molar-refractivity contribution in [3.05, 3.63) is 17.3 Å². The summed E-state index contributed by atoms with van der Waals surface area (Å²) in [6.07, 6.45) is 4.35. The number of carboxylic acids is 1. The number of aryl methyl sites for hydroxylation is 1. The van der Waals surface area contributed by atoms with Crippen molar-refractivity contribution in [1.29, 1.82) is 0 Å². The Bertz CT molecular complexity index is 424. The van der Waals surface area contributed by atoms with E-state index in [1.807, 2.05) is 0 Å². The van der Waals surface area contributed by atoms with Crippen LogP contribution >= 0.6 is 0 Å². The number of aromatic carboxylic acids is 1. The minimum absolute atomic E-state index is 0.00941. The Balaban J connectivity index is 2.14. The number of hydrogen-bond acceptors (Lipinski definition) is 3. The second-order valence-corrected chi connectivity index (χ2v) is 5.71. The minimum atomic E-state index is -1.03. The lowest BCUT2D eigenvalue weighted by molar-refractivity contribution is 0.0657. The predicted molar refractivity (Wildman–Crippen MR) is 63.2 cm³/mol. The number of carboxylic acid groups (broad SMARTS) is 1. The highest BCUT2D eigenvalue weighted by Gasteiger charge is 2.31. The molecular formula is C13H19NO3. The van der Waals surface area contributed by atoms with Crippen LogP contribution in [0.25, 0.3) is 0 Å². The summed E-state index contributed by atoms with van der Waals surface area (Å²) >= 11 is 0. The predicted octanol–water partition coefficient (Wildman–Crippen LogP) is 3.37. The molecule has 17 heavy (non-hydrogen) atoms. The van der Waals surface area contributed by atoms with Crippen molar-refractivity contribution in [1.82, 2.24) is 4.98 Å². The Morgan fingerprint density at radius 2 is 2.00 bits per heavy atom. The molecule has 1 aromatic heterocycles. The molecule has 1 heterocycles. The summed E-state index contributed by atoms with van der Waals surface area (Å²) in [6, 6.07) is 0. The number of carbonyl (C=O) groups is 1. The van der Waals surface area contributed by atoms with Crippen molar-refractivity contribution >= 4 is 5.97 Å². The molecule has 0 spiro atoms. The molecule has 94 valence electrons. The van der Waals surface area contributed by atoms with Crippen LogP contribution in [0.4, 0.5) is 0 Å². The molecule has 1 aliphatic carbocycles. The lowest BCUT2D eigenvalue weighted by Gasteiger charge is -2.32. The van der Waals surface area contributed by atoms with E-state index in [2.05, 4.69) is 18.8 Å². The van der Waals surface area contributed by atoms with Crippen LogP contribution in [0, 0.1) is 12.3 Å². The van der Waals surface area contributed by atoms with Crippen LogP contribution in [0.3, 0.4) is 0 Å². The summed E-state index contributed by atoms with van der Waals surface area (Å²) in [5.41, 5.74) is 0.880. The highest BCUT2D eigenvalue weighted by atomic mass is 16.4. The number of oxazole rings is 1. The zero-order valence-electron chi connectivity index (χ0n) is 10.6. The second-order valence-electron chi connectivity index (χ2n) is 5.71. The van der Waals surface area contributed by atoms with Crippen LogP contribution in [0.5, 0.6) is 0 Å². The first-order valence-electron chi connectivity index (χ1n) is 6.10. The molecule has 4 nitrogen and oxygen atoms in total. The van der Waals surface area contributed by atoms with Crippen molar-refractivity contribution in [3.63, 3.8) is 0 Å². The van der Waals surface area contributed by atoms with E-state index in [1.165, 1.54) is 0 Å². The van der Waals surface area contributed by atoms with Gasteiger partial charge in [-0.3, -0.25) is 0 Å². The molecule has 1 saturated carbocycles. The van der Waals surface area contributed by atoms with Gasteiger partial charge >= 0.3 is 5.97 Å². The SMILES string of the molecule is Cc1nc(C2CCC(C)(C)CC2)oc1C(=O)O. The Morgan fingerprint density at radius 3 is 2.47 bits per heavy atom. The van der Waals surface area contributed by atoms with Crippen LogP contribution in [0.15, 0.2) is 4.42 Å². The van der Waals surface area contributed by atoms with Gasteiger partial charge in [0.2, 0.25) is 5.76 Å². The molecule has 0 amide bonds. The monoisotopic (exact) mass is 237 g/mol. The molecule has 0 atom stereocenters. The van der Waals surface area contributed by atoms with E-state index in [4.69, 9.17) is 9.52 Å². The molecule has 1 aromatic rings. The van der Waals surface area contributed by atoms with Crippen molar-refractivity contribution in [2.75, 3.05) is 0 Å². The molecule has 0 bridgehead atoms. The summed E-state index contributed by atoms with van der Waals surface area (Å²) in [4.78, 5) is 15.1. The zero-order valence-corrected chi connectivity index (χ0v) is 10.6. The third-order valence-electron chi connectivity index (χ3n) is 3.70. The van der Waals surface area contributed by atoms with Gasteiger partial charge in [-0.15, -0.1) is 0 Å². The van der Waals surface area contributed by atoms with Crippen LogP contribution < -0.4 is 0 Å². The largest absolute Gasteiger partial charge is 0.475 e. The van der Waals surface area contributed by atoms with Crippen LogP contribution in [0.1, 0.15) is 67.6 Å². The zero-order chi connectivity index (χ0) is 12.6. The van der Waals surface area contributed by atoms with E-state index in [0.29, 0.717) is 17.0 Å². The van der Waals surface area contributed by atoms with Gasteiger partial charge in [-0.25, -0.2) is 9.78 Å². The lowest BCUT2D eigenvalue weighted by atomic mass is 9.73. The Morgan fingerprint density at radius 1 is 1.41 bits per heavy atom. The van der Waals surface area contributed by atoms with Gasteiger partial charge < -0.3 is 9.52 Å². The molecule has 0 saturated heterocycles. The first-order chi connectivity index (χ1) is 7.89. The maximum Gasteiger partial charge on any atom is 0.373 e. The summed E-state index contributed by atoms with van der Waals surface area (Å²) < 4.78 is 5.37.